The third-order valence-electron chi connectivity index (χ3n) is 2.49. The maximum atomic E-state index is 11.8. The maximum absolute atomic E-state index is 11.8. The van der Waals surface area contributed by atoms with Crippen molar-refractivity contribution in [1.82, 2.24) is 10.2 Å². The van der Waals surface area contributed by atoms with Crippen LogP contribution in [0.5, 0.6) is 0 Å². The molecule has 0 aromatic rings. The van der Waals surface area contributed by atoms with Crippen LogP contribution < -0.4 is 5.32 Å². The minimum absolute atomic E-state index is 0.140. The van der Waals surface area contributed by atoms with E-state index >= 15 is 0 Å². The number of amides is 1. The standard InChI is InChI=1S/C10H20N2O2/c1-8(2)12-6-7-14-9(10(12)13)4-5-11-3/h8-9,11H,4-7H2,1-3H3. The second-order valence-electron chi connectivity index (χ2n) is 3.88. The van der Waals surface area contributed by atoms with E-state index in [1.165, 1.54) is 0 Å². The summed E-state index contributed by atoms with van der Waals surface area (Å²) in [7, 11) is 1.88. The van der Waals surface area contributed by atoms with E-state index in [0.29, 0.717) is 6.61 Å². The summed E-state index contributed by atoms with van der Waals surface area (Å²) in [6.45, 7) is 6.30. The predicted molar refractivity (Wildman–Crippen MR) is 55.1 cm³/mol. The van der Waals surface area contributed by atoms with Gasteiger partial charge in [-0.3, -0.25) is 4.79 Å². The van der Waals surface area contributed by atoms with E-state index < -0.39 is 0 Å². The first-order valence-electron chi connectivity index (χ1n) is 5.23. The molecule has 0 aromatic carbocycles. The molecule has 1 N–H and O–H groups in total. The predicted octanol–water partition coefficient (Wildman–Crippen LogP) is 0.232. The summed E-state index contributed by atoms with van der Waals surface area (Å²) in [5, 5.41) is 3.03. The number of carbonyl (C=O) groups excluding carboxylic acids is 1. The molecule has 0 bridgehead atoms. The average Bonchev–Trinajstić information content (AvgIpc) is 2.16. The first-order chi connectivity index (χ1) is 6.66. The normalized spacial score (nSPS) is 23.3. The fraction of sp³-hybridized carbons (Fsp3) is 0.900. The average molecular weight is 200 g/mol. The Balaban J connectivity index is 2.48. The monoisotopic (exact) mass is 200 g/mol. The Morgan fingerprint density at radius 2 is 2.36 bits per heavy atom. The topological polar surface area (TPSA) is 41.6 Å². The van der Waals surface area contributed by atoms with E-state index in [1.54, 1.807) is 0 Å². The number of nitrogens with zero attached hydrogens (tertiary/aromatic N) is 1. The Hall–Kier alpha value is -0.610. The Morgan fingerprint density at radius 3 is 2.93 bits per heavy atom. The highest BCUT2D eigenvalue weighted by atomic mass is 16.5. The van der Waals surface area contributed by atoms with Crippen molar-refractivity contribution in [2.45, 2.75) is 32.4 Å². The first-order valence-corrected chi connectivity index (χ1v) is 5.23. The molecule has 1 fully saturated rings. The number of rotatable bonds is 4. The molecule has 1 atom stereocenters. The number of ether oxygens (including phenoxy) is 1. The molecule has 1 aliphatic rings. The third-order valence-corrected chi connectivity index (χ3v) is 2.49. The molecule has 4 nitrogen and oxygen atoms in total. The zero-order chi connectivity index (χ0) is 10.6. The molecule has 0 spiro atoms. The summed E-state index contributed by atoms with van der Waals surface area (Å²) in [5.41, 5.74) is 0. The molecule has 82 valence electrons. The van der Waals surface area contributed by atoms with Gasteiger partial charge < -0.3 is 15.0 Å². The van der Waals surface area contributed by atoms with Crippen molar-refractivity contribution in [2.75, 3.05) is 26.7 Å². The molecule has 0 aromatic heterocycles. The number of morpholine rings is 1. The summed E-state index contributed by atoms with van der Waals surface area (Å²) in [6.07, 6.45) is 0.525. The zero-order valence-corrected chi connectivity index (χ0v) is 9.25. The van der Waals surface area contributed by atoms with Gasteiger partial charge >= 0.3 is 0 Å². The molecule has 0 aliphatic carbocycles. The fourth-order valence-electron chi connectivity index (χ4n) is 1.65. The summed E-state index contributed by atoms with van der Waals surface area (Å²) in [4.78, 5) is 13.7. The molecule has 1 heterocycles. The third kappa shape index (κ3) is 2.69. The first kappa shape index (κ1) is 11.5. The van der Waals surface area contributed by atoms with E-state index in [-0.39, 0.29) is 18.1 Å². The van der Waals surface area contributed by atoms with Crippen LogP contribution in [0.25, 0.3) is 0 Å². The molecule has 1 rings (SSSR count). The van der Waals surface area contributed by atoms with Crippen LogP contribution in [0.3, 0.4) is 0 Å². The van der Waals surface area contributed by atoms with Gasteiger partial charge in [-0.2, -0.15) is 0 Å². The van der Waals surface area contributed by atoms with Crippen LogP contribution in [0.1, 0.15) is 20.3 Å². The zero-order valence-electron chi connectivity index (χ0n) is 9.25. The van der Waals surface area contributed by atoms with Gasteiger partial charge in [0.2, 0.25) is 0 Å². The largest absolute Gasteiger partial charge is 0.366 e. The lowest BCUT2D eigenvalue weighted by Gasteiger charge is -2.35. The van der Waals surface area contributed by atoms with E-state index in [2.05, 4.69) is 5.32 Å². The fourth-order valence-corrected chi connectivity index (χ4v) is 1.65. The molecule has 4 heteroatoms. The lowest BCUT2D eigenvalue weighted by molar-refractivity contribution is -0.155. The minimum Gasteiger partial charge on any atom is -0.366 e. The van der Waals surface area contributed by atoms with Crippen molar-refractivity contribution in [3.8, 4) is 0 Å². The van der Waals surface area contributed by atoms with Crippen LogP contribution in [-0.2, 0) is 9.53 Å². The minimum atomic E-state index is -0.237. The highest BCUT2D eigenvalue weighted by Crippen LogP contribution is 2.12. The summed E-state index contributed by atoms with van der Waals surface area (Å²) >= 11 is 0. The molecular formula is C10H20N2O2. The quantitative estimate of drug-likeness (QED) is 0.706. The number of carbonyl (C=O) groups is 1. The molecular weight excluding hydrogens is 180 g/mol. The van der Waals surface area contributed by atoms with Crippen molar-refractivity contribution in [3.05, 3.63) is 0 Å². The van der Waals surface area contributed by atoms with Gasteiger partial charge in [0.1, 0.15) is 6.10 Å². The number of hydrogen-bond acceptors (Lipinski definition) is 3. The van der Waals surface area contributed by atoms with Crippen molar-refractivity contribution < 1.29 is 9.53 Å². The van der Waals surface area contributed by atoms with Crippen LogP contribution in [0.4, 0.5) is 0 Å². The highest BCUT2D eigenvalue weighted by Gasteiger charge is 2.30. The Labute approximate surface area is 85.6 Å². The van der Waals surface area contributed by atoms with Crippen LogP contribution in [0.15, 0.2) is 0 Å². The molecule has 1 unspecified atom stereocenters. The summed E-state index contributed by atoms with van der Waals surface area (Å²) in [6, 6.07) is 0.281. The van der Waals surface area contributed by atoms with Crippen molar-refractivity contribution >= 4 is 5.91 Å². The summed E-state index contributed by atoms with van der Waals surface area (Å²) in [5.74, 6) is 0.140. The second kappa shape index (κ2) is 5.32. The van der Waals surface area contributed by atoms with Gasteiger partial charge in [-0.25, -0.2) is 0 Å². The lowest BCUT2D eigenvalue weighted by atomic mass is 10.1. The van der Waals surface area contributed by atoms with Gasteiger partial charge in [-0.05, 0) is 33.9 Å². The van der Waals surface area contributed by atoms with Gasteiger partial charge in [-0.1, -0.05) is 0 Å². The number of hydrogen-bond donors (Lipinski definition) is 1. The second-order valence-corrected chi connectivity index (χ2v) is 3.88. The van der Waals surface area contributed by atoms with E-state index in [4.69, 9.17) is 4.74 Å². The highest BCUT2D eigenvalue weighted by molar-refractivity contribution is 5.81. The Kier molecular flexibility index (Phi) is 4.35. The van der Waals surface area contributed by atoms with Crippen LogP contribution >= 0.6 is 0 Å². The van der Waals surface area contributed by atoms with Gasteiger partial charge in [0, 0.05) is 12.6 Å². The molecule has 1 amide bonds. The van der Waals surface area contributed by atoms with Gasteiger partial charge in [0.15, 0.2) is 0 Å². The summed E-state index contributed by atoms with van der Waals surface area (Å²) < 4.78 is 5.44. The molecule has 1 saturated heterocycles. The van der Waals surface area contributed by atoms with Crippen molar-refractivity contribution in [2.24, 2.45) is 0 Å². The Bertz CT molecular complexity index is 195. The SMILES string of the molecule is CNCCC1OCCN(C(C)C)C1=O. The van der Waals surface area contributed by atoms with Gasteiger partial charge in [0.25, 0.3) is 5.91 Å². The van der Waals surface area contributed by atoms with Gasteiger partial charge in [-0.15, -0.1) is 0 Å². The van der Waals surface area contributed by atoms with Gasteiger partial charge in [0.05, 0.1) is 6.61 Å². The van der Waals surface area contributed by atoms with Crippen molar-refractivity contribution in [1.29, 1.82) is 0 Å². The Morgan fingerprint density at radius 1 is 1.64 bits per heavy atom. The molecule has 14 heavy (non-hydrogen) atoms. The smallest absolute Gasteiger partial charge is 0.252 e. The molecule has 0 radical (unpaired) electrons. The molecule has 0 saturated carbocycles. The van der Waals surface area contributed by atoms with Crippen LogP contribution in [0.2, 0.25) is 0 Å². The van der Waals surface area contributed by atoms with Crippen LogP contribution in [-0.4, -0.2) is 49.7 Å². The van der Waals surface area contributed by atoms with E-state index in [9.17, 15) is 4.79 Å². The number of nitrogens with one attached hydrogen (secondary N) is 1. The maximum Gasteiger partial charge on any atom is 0.252 e. The van der Waals surface area contributed by atoms with Crippen molar-refractivity contribution in [3.63, 3.8) is 0 Å². The van der Waals surface area contributed by atoms with Crippen LogP contribution in [0, 0.1) is 0 Å². The lowest BCUT2D eigenvalue weighted by Crippen LogP contribution is -2.51. The molecule has 1 aliphatic heterocycles. The van der Waals surface area contributed by atoms with E-state index in [1.807, 2.05) is 25.8 Å². The van der Waals surface area contributed by atoms with E-state index in [0.717, 1.165) is 19.5 Å².